The topological polar surface area (TPSA) is 104 Å². The fourth-order valence-electron chi connectivity index (χ4n) is 5.73. The molecule has 41 heavy (non-hydrogen) atoms. The Morgan fingerprint density at radius 3 is 2.39 bits per heavy atom. The average Bonchev–Trinajstić information content (AvgIpc) is 3.50. The lowest BCUT2D eigenvalue weighted by Gasteiger charge is -2.30. The van der Waals surface area contributed by atoms with Crippen LogP contribution in [0.3, 0.4) is 0 Å². The molecule has 5 rings (SSSR count). The van der Waals surface area contributed by atoms with E-state index >= 15 is 0 Å². The number of ether oxygens (including phenoxy) is 1. The van der Waals surface area contributed by atoms with Gasteiger partial charge in [-0.3, -0.25) is 0 Å². The minimum absolute atomic E-state index is 0.0786. The van der Waals surface area contributed by atoms with E-state index in [1.807, 2.05) is 32.3 Å². The molecule has 0 spiro atoms. The Bertz CT molecular complexity index is 1280. The summed E-state index contributed by atoms with van der Waals surface area (Å²) in [6.45, 7) is 9.68. The maximum absolute atomic E-state index is 14.2. The largest absolute Gasteiger partial charge is 0.480 e. The van der Waals surface area contributed by atoms with Crippen LogP contribution in [0.4, 0.5) is 14.7 Å². The second-order valence-electron chi connectivity index (χ2n) is 11.3. The molecule has 0 aliphatic heterocycles. The fraction of sp³-hybridized carbons (Fsp3) is 0.667. The molecule has 0 amide bonds. The number of methoxy groups -OCH3 is 1. The van der Waals surface area contributed by atoms with Crippen molar-refractivity contribution in [1.29, 1.82) is 0 Å². The molecule has 0 aromatic carbocycles. The molecule has 2 saturated carbocycles. The lowest BCUT2D eigenvalue weighted by molar-refractivity contribution is 0.0128. The molecule has 2 aliphatic carbocycles. The highest BCUT2D eigenvalue weighted by atomic mass is 19.3. The SMILES string of the molecule is CC.COc1ncnc(C2CC2)c1-c1ncnc(NCCCCC2(c3nc(C(C)(F)F)cn3C(C)C)CCCC2)n1. The van der Waals surface area contributed by atoms with Gasteiger partial charge in [-0.2, -0.15) is 13.8 Å². The minimum atomic E-state index is -2.95. The van der Waals surface area contributed by atoms with E-state index in [9.17, 15) is 8.78 Å². The number of aromatic nitrogens is 7. The molecule has 0 atom stereocenters. The Morgan fingerprint density at radius 1 is 1.05 bits per heavy atom. The lowest BCUT2D eigenvalue weighted by atomic mass is 9.80. The molecule has 3 heterocycles. The van der Waals surface area contributed by atoms with Crippen LogP contribution < -0.4 is 10.1 Å². The third kappa shape index (κ3) is 6.98. The average molecular weight is 571 g/mol. The second-order valence-corrected chi connectivity index (χ2v) is 11.3. The summed E-state index contributed by atoms with van der Waals surface area (Å²) in [7, 11) is 1.59. The summed E-state index contributed by atoms with van der Waals surface area (Å²) >= 11 is 0. The van der Waals surface area contributed by atoms with Gasteiger partial charge in [-0.1, -0.05) is 33.1 Å². The van der Waals surface area contributed by atoms with E-state index in [1.165, 1.54) is 12.7 Å². The van der Waals surface area contributed by atoms with Crippen molar-refractivity contribution >= 4 is 5.95 Å². The van der Waals surface area contributed by atoms with Gasteiger partial charge < -0.3 is 14.6 Å². The summed E-state index contributed by atoms with van der Waals surface area (Å²) in [4.78, 5) is 26.6. The van der Waals surface area contributed by atoms with Gasteiger partial charge in [-0.05, 0) is 52.4 Å². The molecule has 224 valence electrons. The van der Waals surface area contributed by atoms with Crippen LogP contribution in [0.25, 0.3) is 11.4 Å². The number of hydrogen-bond donors (Lipinski definition) is 1. The fourth-order valence-corrected chi connectivity index (χ4v) is 5.73. The zero-order valence-corrected chi connectivity index (χ0v) is 25.3. The lowest BCUT2D eigenvalue weighted by Crippen LogP contribution is -2.28. The van der Waals surface area contributed by atoms with Gasteiger partial charge in [0.1, 0.15) is 29.7 Å². The van der Waals surface area contributed by atoms with E-state index < -0.39 is 5.92 Å². The molecule has 2 fully saturated rings. The number of unbranched alkanes of at least 4 members (excludes halogenated alkanes) is 1. The van der Waals surface area contributed by atoms with E-state index in [0.29, 0.717) is 30.1 Å². The number of hydrogen-bond acceptors (Lipinski definition) is 8. The van der Waals surface area contributed by atoms with Crippen LogP contribution in [-0.4, -0.2) is 48.1 Å². The van der Waals surface area contributed by atoms with E-state index in [4.69, 9.17) is 4.74 Å². The summed E-state index contributed by atoms with van der Waals surface area (Å²) in [6, 6.07) is 0.0786. The molecule has 0 unspecified atom stereocenters. The van der Waals surface area contributed by atoms with E-state index in [2.05, 4.69) is 35.2 Å². The molecule has 9 nitrogen and oxygen atoms in total. The first-order valence-corrected chi connectivity index (χ1v) is 15.0. The van der Waals surface area contributed by atoms with Crippen LogP contribution in [0.5, 0.6) is 5.88 Å². The number of halogens is 2. The molecule has 11 heteroatoms. The summed E-state index contributed by atoms with van der Waals surface area (Å²) in [6.07, 6.45) is 13.7. The van der Waals surface area contributed by atoms with Crippen molar-refractivity contribution in [3.63, 3.8) is 0 Å². The summed E-state index contributed by atoms with van der Waals surface area (Å²) in [5, 5.41) is 3.32. The Labute approximate surface area is 242 Å². The van der Waals surface area contributed by atoms with E-state index in [-0.39, 0.29) is 17.2 Å². The molecule has 0 saturated heterocycles. The van der Waals surface area contributed by atoms with Crippen molar-refractivity contribution in [2.45, 2.75) is 116 Å². The zero-order valence-electron chi connectivity index (χ0n) is 25.3. The van der Waals surface area contributed by atoms with Crippen LogP contribution in [0, 0.1) is 0 Å². The van der Waals surface area contributed by atoms with Crippen molar-refractivity contribution in [2.24, 2.45) is 0 Å². The normalized spacial score (nSPS) is 16.4. The first kappa shape index (κ1) is 30.7. The Morgan fingerprint density at radius 2 is 1.76 bits per heavy atom. The van der Waals surface area contributed by atoms with Gasteiger partial charge in [-0.25, -0.2) is 24.9 Å². The van der Waals surface area contributed by atoms with Gasteiger partial charge >= 0.3 is 0 Å². The molecule has 1 N–H and O–H groups in total. The zero-order chi connectivity index (χ0) is 29.6. The van der Waals surface area contributed by atoms with Crippen molar-refractivity contribution < 1.29 is 13.5 Å². The first-order valence-electron chi connectivity index (χ1n) is 15.0. The predicted molar refractivity (Wildman–Crippen MR) is 155 cm³/mol. The summed E-state index contributed by atoms with van der Waals surface area (Å²) in [5.74, 6) is -0.271. The third-order valence-corrected chi connectivity index (χ3v) is 7.93. The van der Waals surface area contributed by atoms with E-state index in [1.54, 1.807) is 13.3 Å². The molecular weight excluding hydrogens is 526 g/mol. The number of rotatable bonds is 12. The van der Waals surface area contributed by atoms with Crippen LogP contribution in [0.2, 0.25) is 0 Å². The Kier molecular flexibility index (Phi) is 9.86. The van der Waals surface area contributed by atoms with Crippen LogP contribution in [0.1, 0.15) is 122 Å². The van der Waals surface area contributed by atoms with Crippen LogP contribution >= 0.6 is 0 Å². The van der Waals surface area contributed by atoms with Crippen molar-refractivity contribution in [3.8, 4) is 17.3 Å². The summed E-state index contributed by atoms with van der Waals surface area (Å²) in [5.41, 5.74) is 1.37. The summed E-state index contributed by atoms with van der Waals surface area (Å²) < 4.78 is 35.8. The van der Waals surface area contributed by atoms with Crippen molar-refractivity contribution in [2.75, 3.05) is 19.0 Å². The second kappa shape index (κ2) is 13.2. The third-order valence-electron chi connectivity index (χ3n) is 7.93. The molecule has 2 aliphatic rings. The minimum Gasteiger partial charge on any atom is -0.480 e. The number of alkyl halides is 2. The standard InChI is InChI=1S/C28H38F2N8O.C2H6/c1-18(2)38-15-20(27(3,29)30)36-25(38)28(11-5-6-12-28)13-7-8-14-31-26-35-17-33-23(37-26)21-22(19-9-10-19)32-16-34-24(21)39-4;1-2/h15-19H,5-14H2,1-4H3,(H,31,33,35,37);1-2H3. The quantitative estimate of drug-likeness (QED) is 0.228. The maximum Gasteiger partial charge on any atom is 0.288 e. The molecule has 3 aromatic rings. The smallest absolute Gasteiger partial charge is 0.288 e. The molecule has 0 bridgehead atoms. The number of imidazole rings is 1. The van der Waals surface area contributed by atoms with Crippen LogP contribution in [0.15, 0.2) is 18.9 Å². The van der Waals surface area contributed by atoms with Gasteiger partial charge in [0.15, 0.2) is 5.82 Å². The van der Waals surface area contributed by atoms with Crippen LogP contribution in [-0.2, 0) is 11.3 Å². The van der Waals surface area contributed by atoms with Crippen molar-refractivity contribution in [1.82, 2.24) is 34.5 Å². The van der Waals surface area contributed by atoms with Gasteiger partial charge in [0.05, 0.1) is 12.8 Å². The highest BCUT2D eigenvalue weighted by Crippen LogP contribution is 2.46. The van der Waals surface area contributed by atoms with Gasteiger partial charge in [-0.15, -0.1) is 0 Å². The molecule has 3 aromatic heterocycles. The highest BCUT2D eigenvalue weighted by Gasteiger charge is 2.41. The highest BCUT2D eigenvalue weighted by molar-refractivity contribution is 5.66. The first-order chi connectivity index (χ1) is 19.7. The van der Waals surface area contributed by atoms with Gasteiger partial charge in [0.2, 0.25) is 11.8 Å². The van der Waals surface area contributed by atoms with Gasteiger partial charge in [0, 0.05) is 37.0 Å². The van der Waals surface area contributed by atoms with Crippen molar-refractivity contribution in [3.05, 3.63) is 36.1 Å². The Hall–Kier alpha value is -3.24. The predicted octanol–water partition coefficient (Wildman–Crippen LogP) is 7.22. The monoisotopic (exact) mass is 570 g/mol. The van der Waals surface area contributed by atoms with Gasteiger partial charge in [0.25, 0.3) is 5.92 Å². The number of nitrogens with one attached hydrogen (secondary N) is 1. The number of nitrogens with zero attached hydrogens (tertiary/aromatic N) is 7. The molecular formula is C30H44F2N8O. The maximum atomic E-state index is 14.2. The molecule has 0 radical (unpaired) electrons. The number of anilines is 1. The van der Waals surface area contributed by atoms with E-state index in [0.717, 1.165) is 81.8 Å². The Balaban J connectivity index is 0.00000189.